The fourth-order valence-electron chi connectivity index (χ4n) is 2.15. The van der Waals surface area contributed by atoms with Crippen LogP contribution in [0.25, 0.3) is 10.8 Å². The van der Waals surface area contributed by atoms with Crippen LogP contribution in [0.4, 0.5) is 0 Å². The Hall–Kier alpha value is -1.87. The number of fused-ring (bicyclic) bond motifs is 1. The van der Waals surface area contributed by atoms with E-state index >= 15 is 0 Å². The number of methoxy groups -OCH3 is 1. The third-order valence-corrected chi connectivity index (χ3v) is 3.00. The van der Waals surface area contributed by atoms with Gasteiger partial charge in [-0.1, -0.05) is 42.5 Å². The van der Waals surface area contributed by atoms with Crippen LogP contribution >= 0.6 is 0 Å². The van der Waals surface area contributed by atoms with Crippen molar-refractivity contribution in [2.24, 2.45) is 0 Å². The Bertz CT molecular complexity index is 565. The second-order valence-corrected chi connectivity index (χ2v) is 4.78. The molecule has 0 saturated heterocycles. The first-order valence-electron chi connectivity index (χ1n) is 6.45. The zero-order valence-corrected chi connectivity index (χ0v) is 11.3. The fraction of sp³-hybridized carbons (Fsp3) is 0.312. The number of hydrogen-bond acceptors (Lipinski definition) is 2. The van der Waals surface area contributed by atoms with Gasteiger partial charge in [-0.2, -0.15) is 0 Å². The van der Waals surface area contributed by atoms with Crippen molar-refractivity contribution in [3.8, 4) is 0 Å². The van der Waals surface area contributed by atoms with Crippen LogP contribution in [0.5, 0.6) is 0 Å². The molecule has 19 heavy (non-hydrogen) atoms. The molecule has 0 aliphatic heterocycles. The Morgan fingerprint density at radius 1 is 1.21 bits per heavy atom. The van der Waals surface area contributed by atoms with E-state index in [9.17, 15) is 4.79 Å². The SMILES string of the molecule is COCC(C)NC(=O)Cc1ccc2ccccc2c1. The summed E-state index contributed by atoms with van der Waals surface area (Å²) in [6.45, 7) is 2.46. The number of ether oxygens (including phenoxy) is 1. The number of carbonyl (C=O) groups is 1. The summed E-state index contributed by atoms with van der Waals surface area (Å²) in [5.74, 6) is 0.0276. The average Bonchev–Trinajstić information content (AvgIpc) is 2.38. The van der Waals surface area contributed by atoms with Gasteiger partial charge in [0.1, 0.15) is 0 Å². The van der Waals surface area contributed by atoms with Crippen molar-refractivity contribution >= 4 is 16.7 Å². The van der Waals surface area contributed by atoms with E-state index < -0.39 is 0 Å². The summed E-state index contributed by atoms with van der Waals surface area (Å²) in [5.41, 5.74) is 1.03. The van der Waals surface area contributed by atoms with Gasteiger partial charge in [-0.3, -0.25) is 4.79 Å². The van der Waals surface area contributed by atoms with Crippen molar-refractivity contribution in [1.82, 2.24) is 5.32 Å². The Kier molecular flexibility index (Phi) is 4.53. The van der Waals surface area contributed by atoms with Crippen LogP contribution in [0.3, 0.4) is 0 Å². The summed E-state index contributed by atoms with van der Waals surface area (Å²) >= 11 is 0. The predicted octanol–water partition coefficient (Wildman–Crippen LogP) is 2.53. The maximum absolute atomic E-state index is 11.9. The normalized spacial score (nSPS) is 12.3. The van der Waals surface area contributed by atoms with E-state index in [-0.39, 0.29) is 11.9 Å². The van der Waals surface area contributed by atoms with Crippen molar-refractivity contribution < 1.29 is 9.53 Å². The lowest BCUT2D eigenvalue weighted by atomic mass is 10.0. The zero-order valence-electron chi connectivity index (χ0n) is 11.3. The van der Waals surface area contributed by atoms with Crippen LogP contribution in [-0.2, 0) is 16.0 Å². The summed E-state index contributed by atoms with van der Waals surface area (Å²) in [7, 11) is 1.63. The van der Waals surface area contributed by atoms with Gasteiger partial charge in [0.2, 0.25) is 5.91 Å². The molecule has 0 aromatic heterocycles. The third kappa shape index (κ3) is 3.80. The summed E-state index contributed by atoms with van der Waals surface area (Å²) in [6, 6.07) is 14.3. The topological polar surface area (TPSA) is 38.3 Å². The highest BCUT2D eigenvalue weighted by Crippen LogP contribution is 2.15. The van der Waals surface area contributed by atoms with Gasteiger partial charge in [-0.25, -0.2) is 0 Å². The molecular formula is C16H19NO2. The molecule has 1 N–H and O–H groups in total. The molecule has 1 atom stereocenters. The van der Waals surface area contributed by atoms with Crippen LogP contribution in [0.15, 0.2) is 42.5 Å². The second-order valence-electron chi connectivity index (χ2n) is 4.78. The van der Waals surface area contributed by atoms with E-state index in [1.807, 2.05) is 25.1 Å². The molecule has 0 fully saturated rings. The van der Waals surface area contributed by atoms with Crippen molar-refractivity contribution in [1.29, 1.82) is 0 Å². The van der Waals surface area contributed by atoms with Gasteiger partial charge in [-0.05, 0) is 23.3 Å². The fourth-order valence-corrected chi connectivity index (χ4v) is 2.15. The minimum absolute atomic E-state index is 0.0276. The highest BCUT2D eigenvalue weighted by molar-refractivity contribution is 5.85. The average molecular weight is 257 g/mol. The van der Waals surface area contributed by atoms with Crippen molar-refractivity contribution in [2.45, 2.75) is 19.4 Å². The summed E-state index contributed by atoms with van der Waals surface area (Å²) in [5, 5.41) is 5.27. The van der Waals surface area contributed by atoms with E-state index in [0.717, 1.165) is 10.9 Å². The molecule has 0 aliphatic rings. The Balaban J connectivity index is 2.02. The largest absolute Gasteiger partial charge is 0.383 e. The molecule has 0 saturated carbocycles. The maximum atomic E-state index is 11.9. The monoisotopic (exact) mass is 257 g/mol. The molecule has 2 aromatic carbocycles. The Labute approximate surface area is 113 Å². The Morgan fingerprint density at radius 3 is 2.68 bits per heavy atom. The molecule has 1 unspecified atom stereocenters. The van der Waals surface area contributed by atoms with Gasteiger partial charge in [0, 0.05) is 13.2 Å². The lowest BCUT2D eigenvalue weighted by Gasteiger charge is -2.12. The molecule has 0 heterocycles. The lowest BCUT2D eigenvalue weighted by molar-refractivity contribution is -0.121. The van der Waals surface area contributed by atoms with E-state index in [4.69, 9.17) is 4.74 Å². The first kappa shape index (κ1) is 13.6. The number of nitrogens with one attached hydrogen (secondary N) is 1. The smallest absolute Gasteiger partial charge is 0.224 e. The molecule has 0 radical (unpaired) electrons. The molecule has 3 heteroatoms. The van der Waals surface area contributed by atoms with Crippen molar-refractivity contribution in [3.05, 3.63) is 48.0 Å². The predicted molar refractivity (Wildman–Crippen MR) is 77.1 cm³/mol. The molecular weight excluding hydrogens is 238 g/mol. The number of rotatable bonds is 5. The highest BCUT2D eigenvalue weighted by atomic mass is 16.5. The second kappa shape index (κ2) is 6.34. The van der Waals surface area contributed by atoms with Gasteiger partial charge in [0.05, 0.1) is 13.0 Å². The standard InChI is InChI=1S/C16H19NO2/c1-12(11-19-2)17-16(18)10-13-7-8-14-5-3-4-6-15(14)9-13/h3-9,12H,10-11H2,1-2H3,(H,17,18). The molecule has 0 aliphatic carbocycles. The van der Waals surface area contributed by atoms with E-state index in [1.54, 1.807) is 7.11 Å². The van der Waals surface area contributed by atoms with Gasteiger partial charge in [0.25, 0.3) is 0 Å². The summed E-state index contributed by atoms with van der Waals surface area (Å²) in [6.07, 6.45) is 0.402. The van der Waals surface area contributed by atoms with Crippen LogP contribution in [0.2, 0.25) is 0 Å². The van der Waals surface area contributed by atoms with Gasteiger partial charge < -0.3 is 10.1 Å². The highest BCUT2D eigenvalue weighted by Gasteiger charge is 2.08. The third-order valence-electron chi connectivity index (χ3n) is 3.00. The van der Waals surface area contributed by atoms with Gasteiger partial charge >= 0.3 is 0 Å². The number of carbonyl (C=O) groups excluding carboxylic acids is 1. The molecule has 0 bridgehead atoms. The quantitative estimate of drug-likeness (QED) is 0.894. The van der Waals surface area contributed by atoms with E-state index in [0.29, 0.717) is 13.0 Å². The molecule has 3 nitrogen and oxygen atoms in total. The summed E-state index contributed by atoms with van der Waals surface area (Å²) in [4.78, 5) is 11.9. The van der Waals surface area contributed by atoms with Gasteiger partial charge in [-0.15, -0.1) is 0 Å². The summed E-state index contributed by atoms with van der Waals surface area (Å²) < 4.78 is 5.00. The first-order chi connectivity index (χ1) is 9.19. The minimum atomic E-state index is 0.0276. The molecule has 2 aromatic rings. The zero-order chi connectivity index (χ0) is 13.7. The van der Waals surface area contributed by atoms with Crippen molar-refractivity contribution in [2.75, 3.05) is 13.7 Å². The molecule has 1 amide bonds. The number of amides is 1. The van der Waals surface area contributed by atoms with E-state index in [2.05, 4.69) is 29.6 Å². The van der Waals surface area contributed by atoms with Crippen molar-refractivity contribution in [3.63, 3.8) is 0 Å². The Morgan fingerprint density at radius 2 is 1.95 bits per heavy atom. The lowest BCUT2D eigenvalue weighted by Crippen LogP contribution is -2.36. The minimum Gasteiger partial charge on any atom is -0.383 e. The number of benzene rings is 2. The molecule has 0 spiro atoms. The van der Waals surface area contributed by atoms with E-state index in [1.165, 1.54) is 5.39 Å². The van der Waals surface area contributed by atoms with Crippen LogP contribution in [0, 0.1) is 0 Å². The van der Waals surface area contributed by atoms with Crippen LogP contribution in [0.1, 0.15) is 12.5 Å². The van der Waals surface area contributed by atoms with Crippen LogP contribution in [-0.4, -0.2) is 25.7 Å². The molecule has 2 rings (SSSR count). The van der Waals surface area contributed by atoms with Gasteiger partial charge in [0.15, 0.2) is 0 Å². The number of hydrogen-bond donors (Lipinski definition) is 1. The van der Waals surface area contributed by atoms with Crippen LogP contribution < -0.4 is 5.32 Å². The maximum Gasteiger partial charge on any atom is 0.224 e. The molecule has 100 valence electrons. The first-order valence-corrected chi connectivity index (χ1v) is 6.45.